The van der Waals surface area contributed by atoms with Gasteiger partial charge in [-0.15, -0.1) is 0 Å². The molecule has 0 aliphatic rings. The zero-order valence-electron chi connectivity index (χ0n) is 21.0. The Morgan fingerprint density at radius 1 is 0.410 bits per heavy atom. The normalized spacial score (nSPS) is 11.6. The van der Waals surface area contributed by atoms with Gasteiger partial charge >= 0.3 is 0 Å². The Hall–Kier alpha value is -5.28. The van der Waals surface area contributed by atoms with Crippen LogP contribution in [0.25, 0.3) is 55.0 Å². The molecule has 0 amide bonds. The van der Waals surface area contributed by atoms with Crippen molar-refractivity contribution in [1.29, 1.82) is 0 Å². The highest BCUT2D eigenvalue weighted by atomic mass is 16.3. The van der Waals surface area contributed by atoms with E-state index in [1.54, 1.807) is 0 Å². The molecule has 0 spiro atoms. The van der Waals surface area contributed by atoms with Crippen LogP contribution in [0.15, 0.2) is 148 Å². The molecule has 0 atom stereocenters. The molecule has 0 N–H and O–H groups in total. The number of para-hydroxylation sites is 3. The number of rotatable bonds is 4. The van der Waals surface area contributed by atoms with Crippen molar-refractivity contribution in [3.63, 3.8) is 0 Å². The highest BCUT2D eigenvalue weighted by Gasteiger charge is 2.22. The molecule has 184 valence electrons. The molecule has 3 heteroatoms. The van der Waals surface area contributed by atoms with Gasteiger partial charge in [0.1, 0.15) is 22.3 Å². The summed E-state index contributed by atoms with van der Waals surface area (Å²) in [5, 5.41) is 4.29. The van der Waals surface area contributed by atoms with Crippen molar-refractivity contribution in [2.24, 2.45) is 0 Å². The van der Waals surface area contributed by atoms with Gasteiger partial charge in [0.15, 0.2) is 0 Å². The molecule has 8 rings (SSSR count). The maximum absolute atomic E-state index is 6.76. The van der Waals surface area contributed by atoms with Crippen molar-refractivity contribution < 1.29 is 8.83 Å². The van der Waals surface area contributed by atoms with E-state index in [9.17, 15) is 0 Å². The summed E-state index contributed by atoms with van der Waals surface area (Å²) in [4.78, 5) is 2.25. The molecule has 8 aromatic rings. The molecule has 0 fully saturated rings. The van der Waals surface area contributed by atoms with E-state index in [0.29, 0.717) is 0 Å². The minimum atomic E-state index is 0.841. The van der Waals surface area contributed by atoms with Crippen LogP contribution in [-0.2, 0) is 0 Å². The third-order valence-electron chi connectivity index (χ3n) is 7.44. The number of hydrogen-bond donors (Lipinski definition) is 0. The smallest absolute Gasteiger partial charge is 0.144 e. The van der Waals surface area contributed by atoms with Crippen LogP contribution < -0.4 is 4.90 Å². The minimum Gasteiger partial charge on any atom is -0.456 e. The van der Waals surface area contributed by atoms with Crippen molar-refractivity contribution in [2.45, 2.75) is 0 Å². The average molecular weight is 502 g/mol. The molecule has 0 aliphatic carbocycles. The lowest BCUT2D eigenvalue weighted by Gasteiger charge is -2.25. The third-order valence-corrected chi connectivity index (χ3v) is 7.44. The Labute approximate surface area is 225 Å². The maximum Gasteiger partial charge on any atom is 0.144 e. The summed E-state index contributed by atoms with van der Waals surface area (Å²) in [5.74, 6) is 0. The van der Waals surface area contributed by atoms with Gasteiger partial charge in [-0.2, -0.15) is 0 Å². The lowest BCUT2D eigenvalue weighted by molar-refractivity contribution is 0.664. The molecule has 0 aliphatic heterocycles. The second kappa shape index (κ2) is 8.64. The zero-order valence-corrected chi connectivity index (χ0v) is 21.0. The molecule has 0 saturated carbocycles. The fourth-order valence-corrected chi connectivity index (χ4v) is 5.72. The first kappa shape index (κ1) is 21.8. The van der Waals surface area contributed by atoms with Gasteiger partial charge in [0.25, 0.3) is 0 Å². The van der Waals surface area contributed by atoms with Crippen LogP contribution in [-0.4, -0.2) is 0 Å². The van der Waals surface area contributed by atoms with Gasteiger partial charge in [-0.05, 0) is 54.1 Å². The molecule has 39 heavy (non-hydrogen) atoms. The van der Waals surface area contributed by atoms with E-state index in [0.717, 1.165) is 72.1 Å². The molecular weight excluding hydrogens is 478 g/mol. The second-order valence-corrected chi connectivity index (χ2v) is 9.75. The van der Waals surface area contributed by atoms with Crippen molar-refractivity contribution in [3.8, 4) is 11.1 Å². The predicted octanol–water partition coefficient (Wildman–Crippen LogP) is 10.6. The van der Waals surface area contributed by atoms with Gasteiger partial charge in [0.2, 0.25) is 0 Å². The highest BCUT2D eigenvalue weighted by molar-refractivity contribution is 6.23. The van der Waals surface area contributed by atoms with Crippen LogP contribution in [0.3, 0.4) is 0 Å². The van der Waals surface area contributed by atoms with E-state index >= 15 is 0 Å². The number of benzene rings is 6. The minimum absolute atomic E-state index is 0.841. The first-order valence-corrected chi connectivity index (χ1v) is 13.1. The zero-order chi connectivity index (χ0) is 25.8. The fraction of sp³-hybridized carbons (Fsp3) is 0. The fourth-order valence-electron chi connectivity index (χ4n) is 5.72. The lowest BCUT2D eigenvalue weighted by atomic mass is 9.96. The number of hydrogen-bond acceptors (Lipinski definition) is 3. The molecule has 0 saturated heterocycles. The van der Waals surface area contributed by atoms with E-state index in [4.69, 9.17) is 8.83 Å². The topological polar surface area (TPSA) is 29.5 Å². The van der Waals surface area contributed by atoms with E-state index in [1.165, 1.54) is 0 Å². The van der Waals surface area contributed by atoms with Crippen molar-refractivity contribution >= 4 is 60.9 Å². The number of anilines is 3. The number of fused-ring (bicyclic) bond motifs is 6. The molecule has 2 heterocycles. The summed E-state index contributed by atoms with van der Waals surface area (Å²) < 4.78 is 13.1. The average Bonchev–Trinajstić information content (AvgIpc) is 3.55. The SMILES string of the molecule is c1ccc(-c2c3oc4cc(N(c5ccccc5)c5ccccc5)ccc4c3cc3oc4ccccc4c23)cc1. The van der Waals surface area contributed by atoms with Crippen molar-refractivity contribution in [2.75, 3.05) is 4.90 Å². The van der Waals surface area contributed by atoms with Crippen LogP contribution in [0.4, 0.5) is 17.1 Å². The van der Waals surface area contributed by atoms with Crippen molar-refractivity contribution in [3.05, 3.63) is 140 Å². The summed E-state index contributed by atoms with van der Waals surface area (Å²) in [6.45, 7) is 0. The molecule has 3 nitrogen and oxygen atoms in total. The largest absolute Gasteiger partial charge is 0.456 e. The molecule has 0 bridgehead atoms. The van der Waals surface area contributed by atoms with Gasteiger partial charge in [-0.25, -0.2) is 0 Å². The summed E-state index contributed by atoms with van der Waals surface area (Å²) in [6.07, 6.45) is 0. The Balaban J connectivity index is 1.42. The third kappa shape index (κ3) is 3.44. The number of furan rings is 2. The van der Waals surface area contributed by atoms with E-state index < -0.39 is 0 Å². The molecule has 0 unspecified atom stereocenters. The predicted molar refractivity (Wildman–Crippen MR) is 161 cm³/mol. The van der Waals surface area contributed by atoms with Crippen LogP contribution in [0, 0.1) is 0 Å². The summed E-state index contributed by atoms with van der Waals surface area (Å²) in [5.41, 5.74) is 8.85. The van der Waals surface area contributed by atoms with E-state index in [-0.39, 0.29) is 0 Å². The number of nitrogens with zero attached hydrogens (tertiary/aromatic N) is 1. The highest BCUT2D eigenvalue weighted by Crippen LogP contribution is 2.46. The van der Waals surface area contributed by atoms with Gasteiger partial charge in [-0.1, -0.05) is 84.9 Å². The van der Waals surface area contributed by atoms with Crippen LogP contribution in [0.1, 0.15) is 0 Å². The Bertz CT molecular complexity index is 2070. The monoisotopic (exact) mass is 501 g/mol. The van der Waals surface area contributed by atoms with Gasteiger partial charge < -0.3 is 13.7 Å². The summed E-state index contributed by atoms with van der Waals surface area (Å²) in [7, 11) is 0. The van der Waals surface area contributed by atoms with Crippen LogP contribution >= 0.6 is 0 Å². The Morgan fingerprint density at radius 2 is 1.05 bits per heavy atom. The standard InChI is InChI=1S/C36H23NO2/c1-4-12-24(13-5-1)34-35-29-18-10-11-19-31(29)38-33(35)23-30-28-21-20-27(22-32(28)39-36(30)34)37(25-14-6-2-7-15-25)26-16-8-3-9-17-26/h1-23H. The first-order valence-electron chi connectivity index (χ1n) is 13.1. The molecule has 0 radical (unpaired) electrons. The lowest BCUT2D eigenvalue weighted by Crippen LogP contribution is -2.09. The van der Waals surface area contributed by atoms with Crippen molar-refractivity contribution in [1.82, 2.24) is 0 Å². The van der Waals surface area contributed by atoms with Gasteiger partial charge in [0.05, 0.1) is 0 Å². The van der Waals surface area contributed by atoms with E-state index in [1.807, 2.05) is 30.3 Å². The summed E-state index contributed by atoms with van der Waals surface area (Å²) >= 11 is 0. The Morgan fingerprint density at radius 3 is 1.77 bits per heavy atom. The summed E-state index contributed by atoms with van der Waals surface area (Å²) in [6, 6.07) is 48.2. The quantitative estimate of drug-likeness (QED) is 0.240. The van der Waals surface area contributed by atoms with Gasteiger partial charge in [0, 0.05) is 50.2 Å². The maximum atomic E-state index is 6.76. The van der Waals surface area contributed by atoms with Crippen LogP contribution in [0.5, 0.6) is 0 Å². The van der Waals surface area contributed by atoms with Crippen LogP contribution in [0.2, 0.25) is 0 Å². The van der Waals surface area contributed by atoms with Gasteiger partial charge in [-0.3, -0.25) is 0 Å². The van der Waals surface area contributed by atoms with E-state index in [2.05, 4.69) is 114 Å². The Kier molecular flexibility index (Phi) is 4.82. The molecule has 6 aromatic carbocycles. The second-order valence-electron chi connectivity index (χ2n) is 9.75. The molecular formula is C36H23NO2. The first-order chi connectivity index (χ1) is 19.3. The molecule has 2 aromatic heterocycles.